The summed E-state index contributed by atoms with van der Waals surface area (Å²) in [4.78, 5) is 21.9. The van der Waals surface area contributed by atoms with Crippen LogP contribution < -0.4 is 4.90 Å². The third-order valence-corrected chi connectivity index (χ3v) is 6.47. The van der Waals surface area contributed by atoms with Gasteiger partial charge in [-0.15, -0.1) is 0 Å². The molecule has 0 radical (unpaired) electrons. The Morgan fingerprint density at radius 1 is 1.06 bits per heavy atom. The number of piperidine rings is 1. The normalized spacial score (nSPS) is 23.6. The summed E-state index contributed by atoms with van der Waals surface area (Å²) in [6.45, 7) is 13.5. The number of carbonyl (C=O) groups excluding carboxylic acids is 1. The van der Waals surface area contributed by atoms with Gasteiger partial charge in [0.2, 0.25) is 0 Å². The van der Waals surface area contributed by atoms with Crippen LogP contribution in [0, 0.1) is 26.7 Å². The molecule has 3 atom stereocenters. The Labute approximate surface area is 192 Å². The molecular weight excluding hydrogens is 400 g/mol. The van der Waals surface area contributed by atoms with Crippen molar-refractivity contribution in [2.75, 3.05) is 18.0 Å². The molecule has 0 aliphatic carbocycles. The molecule has 2 saturated heterocycles. The molecule has 2 heterocycles. The number of anilines is 1. The quantitative estimate of drug-likeness (QED) is 0.569. The Hall–Kier alpha value is -2.53. The average Bonchev–Trinajstić information content (AvgIpc) is 2.72. The van der Waals surface area contributed by atoms with Crippen LogP contribution in [-0.4, -0.2) is 36.1 Å². The molecule has 2 aromatic carbocycles. The smallest absolute Gasteiger partial charge is 0.434 e. The minimum atomic E-state index is -0.573. The molecule has 2 aliphatic heterocycles. The van der Waals surface area contributed by atoms with E-state index in [1.54, 1.807) is 0 Å². The number of benzene rings is 2. The molecule has 0 unspecified atom stereocenters. The van der Waals surface area contributed by atoms with Gasteiger partial charge in [-0.25, -0.2) is 9.63 Å². The predicted octanol–water partition coefficient (Wildman–Crippen LogP) is 6.12. The third kappa shape index (κ3) is 4.63. The first kappa shape index (κ1) is 22.7. The van der Waals surface area contributed by atoms with Crippen LogP contribution >= 0.6 is 0 Å². The molecule has 0 N–H and O–H groups in total. The Balaban J connectivity index is 1.73. The molecule has 2 fully saturated rings. The lowest BCUT2D eigenvalue weighted by Gasteiger charge is -2.51. The van der Waals surface area contributed by atoms with Crippen molar-refractivity contribution in [2.45, 2.75) is 72.1 Å². The summed E-state index contributed by atoms with van der Waals surface area (Å²) in [7, 11) is 0. The highest BCUT2D eigenvalue weighted by molar-refractivity contribution is 5.67. The number of rotatable bonds is 2. The largest absolute Gasteiger partial charge is 0.442 e. The van der Waals surface area contributed by atoms with Crippen molar-refractivity contribution in [3.05, 3.63) is 64.7 Å². The Kier molecular flexibility index (Phi) is 6.22. The highest BCUT2D eigenvalue weighted by atomic mass is 16.7. The fraction of sp³-hybridized carbons (Fsp3) is 0.519. The van der Waals surface area contributed by atoms with Crippen molar-refractivity contribution in [2.24, 2.45) is 5.92 Å². The molecule has 5 heteroatoms. The van der Waals surface area contributed by atoms with Crippen LogP contribution in [0.2, 0.25) is 0 Å². The van der Waals surface area contributed by atoms with Crippen molar-refractivity contribution >= 4 is 11.8 Å². The summed E-state index contributed by atoms with van der Waals surface area (Å²) < 4.78 is 5.69. The lowest BCUT2D eigenvalue weighted by molar-refractivity contribution is -0.233. The number of fused-ring (bicyclic) bond motifs is 1. The summed E-state index contributed by atoms with van der Waals surface area (Å²) in [6, 6.07) is 15.0. The number of nitrogens with zero attached hydrogens (tertiary/aromatic N) is 2. The van der Waals surface area contributed by atoms with Crippen LogP contribution in [0.1, 0.15) is 61.8 Å². The number of ether oxygens (including phenoxy) is 1. The van der Waals surface area contributed by atoms with Gasteiger partial charge in [-0.3, -0.25) is 0 Å². The molecule has 0 saturated carbocycles. The molecule has 5 nitrogen and oxygen atoms in total. The standard InChI is InChI=1S/C27H36N2O3/c1-18-15-19(2)24(20(3)16-18)28-14-10-13-22-23(21-11-8-7-9-12-21)17-29(32-25(22)28)26(30)31-27(4,5)6/h7-9,11-12,15-16,22-23,25H,10,13-14,17H2,1-6H3/t22-,23+,25+/m1/s1. The zero-order valence-electron chi connectivity index (χ0n) is 20.2. The molecule has 172 valence electrons. The number of amides is 1. The van der Waals surface area contributed by atoms with Gasteiger partial charge in [0.25, 0.3) is 0 Å². The van der Waals surface area contributed by atoms with Gasteiger partial charge in [-0.2, -0.15) is 5.06 Å². The van der Waals surface area contributed by atoms with Crippen molar-refractivity contribution in [1.29, 1.82) is 0 Å². The van der Waals surface area contributed by atoms with Crippen LogP contribution in [0.4, 0.5) is 10.5 Å². The zero-order chi connectivity index (χ0) is 23.0. The van der Waals surface area contributed by atoms with E-state index in [1.165, 1.54) is 33.0 Å². The SMILES string of the molecule is Cc1cc(C)c(N2CCC[C@@H]3[C@H](c4ccccc4)CN(C(=O)OC(C)(C)C)O[C@@H]32)c(C)c1. The van der Waals surface area contributed by atoms with Crippen LogP contribution in [-0.2, 0) is 9.57 Å². The summed E-state index contributed by atoms with van der Waals surface area (Å²) in [5.41, 5.74) is 5.66. The Bertz CT molecular complexity index is 944. The van der Waals surface area contributed by atoms with E-state index in [-0.39, 0.29) is 12.1 Å². The van der Waals surface area contributed by atoms with Gasteiger partial charge >= 0.3 is 6.09 Å². The molecule has 2 aliphatic rings. The molecule has 0 spiro atoms. The summed E-state index contributed by atoms with van der Waals surface area (Å²) in [6.07, 6.45) is 1.55. The monoisotopic (exact) mass is 436 g/mol. The second-order valence-corrected chi connectivity index (χ2v) is 10.3. The number of carbonyl (C=O) groups is 1. The maximum absolute atomic E-state index is 13.0. The first-order valence-corrected chi connectivity index (χ1v) is 11.7. The van der Waals surface area contributed by atoms with E-state index in [0.29, 0.717) is 12.5 Å². The topological polar surface area (TPSA) is 42.0 Å². The average molecular weight is 437 g/mol. The van der Waals surface area contributed by atoms with Gasteiger partial charge in [-0.1, -0.05) is 48.0 Å². The Morgan fingerprint density at radius 2 is 1.72 bits per heavy atom. The van der Waals surface area contributed by atoms with Crippen molar-refractivity contribution < 1.29 is 14.4 Å². The maximum atomic E-state index is 13.0. The Morgan fingerprint density at radius 3 is 2.34 bits per heavy atom. The van der Waals surface area contributed by atoms with E-state index in [9.17, 15) is 4.79 Å². The lowest BCUT2D eigenvalue weighted by Crippen LogP contribution is -2.58. The number of hydrogen-bond donors (Lipinski definition) is 0. The fourth-order valence-corrected chi connectivity index (χ4v) is 5.37. The highest BCUT2D eigenvalue weighted by Gasteiger charge is 2.46. The molecule has 2 aromatic rings. The van der Waals surface area contributed by atoms with E-state index < -0.39 is 11.7 Å². The predicted molar refractivity (Wildman–Crippen MR) is 128 cm³/mol. The summed E-state index contributed by atoms with van der Waals surface area (Å²) in [5.74, 6) is 0.487. The van der Waals surface area contributed by atoms with Gasteiger partial charge in [0.1, 0.15) is 5.60 Å². The van der Waals surface area contributed by atoms with Gasteiger partial charge in [0.15, 0.2) is 6.23 Å². The van der Waals surface area contributed by atoms with E-state index in [1.807, 2.05) is 26.8 Å². The minimum Gasteiger partial charge on any atom is -0.442 e. The minimum absolute atomic E-state index is 0.191. The molecule has 4 rings (SSSR count). The van der Waals surface area contributed by atoms with Gasteiger partial charge in [0, 0.05) is 24.1 Å². The summed E-state index contributed by atoms with van der Waals surface area (Å²) in [5, 5.41) is 1.46. The van der Waals surface area contributed by atoms with Crippen LogP contribution in [0.5, 0.6) is 0 Å². The molecular formula is C27H36N2O3. The fourth-order valence-electron chi connectivity index (χ4n) is 5.37. The van der Waals surface area contributed by atoms with Crippen LogP contribution in [0.3, 0.4) is 0 Å². The second-order valence-electron chi connectivity index (χ2n) is 10.3. The van der Waals surface area contributed by atoms with Crippen LogP contribution in [0.25, 0.3) is 0 Å². The first-order valence-electron chi connectivity index (χ1n) is 11.7. The van der Waals surface area contributed by atoms with Crippen molar-refractivity contribution in [3.63, 3.8) is 0 Å². The zero-order valence-corrected chi connectivity index (χ0v) is 20.2. The van der Waals surface area contributed by atoms with Crippen molar-refractivity contribution in [3.8, 4) is 0 Å². The molecule has 0 aromatic heterocycles. The molecule has 0 bridgehead atoms. The van der Waals surface area contributed by atoms with Gasteiger partial charge < -0.3 is 9.64 Å². The highest BCUT2D eigenvalue weighted by Crippen LogP contribution is 2.44. The maximum Gasteiger partial charge on any atom is 0.434 e. The van der Waals surface area contributed by atoms with E-state index >= 15 is 0 Å². The van der Waals surface area contributed by atoms with Crippen molar-refractivity contribution in [1.82, 2.24) is 5.06 Å². The number of aryl methyl sites for hydroxylation is 3. The van der Waals surface area contributed by atoms with E-state index in [0.717, 1.165) is 19.4 Å². The van der Waals surface area contributed by atoms with E-state index in [2.05, 4.69) is 62.1 Å². The number of hydroxylamine groups is 2. The summed E-state index contributed by atoms with van der Waals surface area (Å²) >= 11 is 0. The molecule has 1 amide bonds. The first-order chi connectivity index (χ1) is 15.1. The second kappa shape index (κ2) is 8.78. The van der Waals surface area contributed by atoms with E-state index in [4.69, 9.17) is 9.57 Å². The molecule has 32 heavy (non-hydrogen) atoms. The van der Waals surface area contributed by atoms with Crippen LogP contribution in [0.15, 0.2) is 42.5 Å². The third-order valence-electron chi connectivity index (χ3n) is 6.47. The van der Waals surface area contributed by atoms with Gasteiger partial charge in [-0.05, 0) is 71.1 Å². The van der Waals surface area contributed by atoms with Gasteiger partial charge in [0.05, 0.1) is 6.54 Å². The lowest BCUT2D eigenvalue weighted by atomic mass is 9.78. The number of hydrogen-bond acceptors (Lipinski definition) is 4.